The summed E-state index contributed by atoms with van der Waals surface area (Å²) in [6.07, 6.45) is 3.47. The van der Waals surface area contributed by atoms with E-state index in [0.29, 0.717) is 42.2 Å². The number of aromatic carboxylic acids is 1. The van der Waals surface area contributed by atoms with Crippen molar-refractivity contribution in [3.8, 4) is 17.2 Å². The van der Waals surface area contributed by atoms with Gasteiger partial charge in [-0.05, 0) is 60.4 Å². The SMILES string of the molecule is COc1cccc(CNc2ccc(CNC(=O)COC3CC(C)CCC3C(C)C)cc2)c1Oc1ccc([N+](=O)[O-])cc1C(=O)O. The van der Waals surface area contributed by atoms with Crippen molar-refractivity contribution in [2.24, 2.45) is 17.8 Å². The number of nitrogens with one attached hydrogen (secondary N) is 2. The number of carboxylic acid groups (broad SMARTS) is 1. The molecule has 1 saturated carbocycles. The van der Waals surface area contributed by atoms with Crippen LogP contribution in [0.5, 0.6) is 17.2 Å². The van der Waals surface area contributed by atoms with Gasteiger partial charge in [0.2, 0.25) is 5.91 Å². The molecule has 1 fully saturated rings. The normalized spacial score (nSPS) is 17.8. The summed E-state index contributed by atoms with van der Waals surface area (Å²) in [5, 5.41) is 27.0. The van der Waals surface area contributed by atoms with Crippen molar-refractivity contribution in [3.05, 3.63) is 87.5 Å². The van der Waals surface area contributed by atoms with Crippen molar-refractivity contribution in [1.29, 1.82) is 0 Å². The maximum Gasteiger partial charge on any atom is 0.339 e. The third-order valence-corrected chi connectivity index (χ3v) is 8.21. The van der Waals surface area contributed by atoms with Crippen LogP contribution >= 0.6 is 0 Å². The quantitative estimate of drug-likeness (QED) is 0.131. The van der Waals surface area contributed by atoms with Gasteiger partial charge >= 0.3 is 5.97 Å². The Kier molecular flexibility index (Phi) is 11.4. The molecule has 0 spiro atoms. The number of rotatable bonds is 14. The molecule has 3 atom stereocenters. The van der Waals surface area contributed by atoms with E-state index in [-0.39, 0.29) is 41.4 Å². The number of carbonyl (C=O) groups excluding carboxylic acids is 1. The van der Waals surface area contributed by atoms with E-state index in [0.717, 1.165) is 30.2 Å². The lowest BCUT2D eigenvalue weighted by Crippen LogP contribution is -2.37. The highest BCUT2D eigenvalue weighted by atomic mass is 16.6. The summed E-state index contributed by atoms with van der Waals surface area (Å²) in [5.74, 6) is 0.739. The van der Waals surface area contributed by atoms with Gasteiger partial charge in [0, 0.05) is 36.5 Å². The zero-order valence-corrected chi connectivity index (χ0v) is 26.1. The van der Waals surface area contributed by atoms with Crippen molar-refractivity contribution in [3.63, 3.8) is 0 Å². The average molecular weight is 620 g/mol. The smallest absolute Gasteiger partial charge is 0.339 e. The number of benzene rings is 3. The van der Waals surface area contributed by atoms with Crippen LogP contribution in [0.2, 0.25) is 0 Å². The van der Waals surface area contributed by atoms with E-state index >= 15 is 0 Å². The van der Waals surface area contributed by atoms with E-state index in [1.165, 1.54) is 25.7 Å². The minimum atomic E-state index is -1.36. The van der Waals surface area contributed by atoms with Gasteiger partial charge in [-0.1, -0.05) is 51.5 Å². The fraction of sp³-hybridized carbons (Fsp3) is 0.412. The van der Waals surface area contributed by atoms with E-state index < -0.39 is 10.9 Å². The van der Waals surface area contributed by atoms with Gasteiger partial charge in [0.1, 0.15) is 17.9 Å². The zero-order chi connectivity index (χ0) is 32.5. The van der Waals surface area contributed by atoms with Crippen LogP contribution in [0.4, 0.5) is 11.4 Å². The van der Waals surface area contributed by atoms with Crippen LogP contribution in [0, 0.1) is 27.9 Å². The molecule has 11 nitrogen and oxygen atoms in total. The fourth-order valence-electron chi connectivity index (χ4n) is 5.65. The molecule has 1 aliphatic carbocycles. The molecular weight excluding hydrogens is 578 g/mol. The van der Waals surface area contributed by atoms with Crippen LogP contribution < -0.4 is 20.1 Å². The second-order valence-corrected chi connectivity index (χ2v) is 11.8. The molecule has 3 unspecified atom stereocenters. The maximum absolute atomic E-state index is 12.5. The Bertz CT molecular complexity index is 1490. The minimum Gasteiger partial charge on any atom is -0.493 e. The number of carboxylic acids is 1. The predicted octanol–water partition coefficient (Wildman–Crippen LogP) is 6.80. The average Bonchev–Trinajstić information content (AvgIpc) is 3.02. The molecule has 1 aliphatic rings. The zero-order valence-electron chi connectivity index (χ0n) is 26.1. The number of hydrogen-bond donors (Lipinski definition) is 3. The first-order valence-electron chi connectivity index (χ1n) is 15.1. The van der Waals surface area contributed by atoms with E-state index in [1.807, 2.05) is 24.3 Å². The van der Waals surface area contributed by atoms with Crippen LogP contribution in [0.15, 0.2) is 60.7 Å². The van der Waals surface area contributed by atoms with E-state index in [2.05, 4.69) is 31.4 Å². The number of carbonyl (C=O) groups is 2. The summed E-state index contributed by atoms with van der Waals surface area (Å²) >= 11 is 0. The van der Waals surface area contributed by atoms with Crippen molar-refractivity contribution in [2.45, 2.75) is 59.2 Å². The topological polar surface area (TPSA) is 149 Å². The summed E-state index contributed by atoms with van der Waals surface area (Å²) < 4.78 is 17.5. The van der Waals surface area contributed by atoms with Gasteiger partial charge in [0.05, 0.1) is 18.1 Å². The molecule has 0 radical (unpaired) electrons. The first kappa shape index (κ1) is 33.3. The molecule has 45 heavy (non-hydrogen) atoms. The van der Waals surface area contributed by atoms with Crippen LogP contribution in [0.3, 0.4) is 0 Å². The van der Waals surface area contributed by atoms with Crippen LogP contribution in [0.1, 0.15) is 61.5 Å². The summed E-state index contributed by atoms with van der Waals surface area (Å²) in [6.45, 7) is 7.43. The second-order valence-electron chi connectivity index (χ2n) is 11.8. The third-order valence-electron chi connectivity index (χ3n) is 8.21. The monoisotopic (exact) mass is 619 g/mol. The Morgan fingerprint density at radius 1 is 1.04 bits per heavy atom. The number of nitro benzene ring substituents is 1. The van der Waals surface area contributed by atoms with Gasteiger partial charge in [-0.15, -0.1) is 0 Å². The molecule has 0 aromatic heterocycles. The van der Waals surface area contributed by atoms with Crippen molar-refractivity contribution < 1.29 is 33.8 Å². The first-order chi connectivity index (χ1) is 21.5. The van der Waals surface area contributed by atoms with E-state index in [4.69, 9.17) is 14.2 Å². The summed E-state index contributed by atoms with van der Waals surface area (Å²) in [7, 11) is 1.47. The number of ether oxygens (including phenoxy) is 3. The minimum absolute atomic E-state index is 0.0521. The predicted molar refractivity (Wildman–Crippen MR) is 170 cm³/mol. The number of methoxy groups -OCH3 is 1. The summed E-state index contributed by atoms with van der Waals surface area (Å²) in [5.41, 5.74) is 1.73. The lowest BCUT2D eigenvalue weighted by Gasteiger charge is -2.37. The summed E-state index contributed by atoms with van der Waals surface area (Å²) in [6, 6.07) is 16.3. The molecule has 11 heteroatoms. The standard InChI is InChI=1S/C34H41N3O8/c1-21(2)27-14-8-22(3)16-31(27)44-20-32(38)36-18-23-9-11-25(12-10-23)35-19-24-6-5-7-30(43-4)33(24)45-29-15-13-26(37(41)42)17-28(29)34(39)40/h5-7,9-13,15,17,21-22,27,31,35H,8,14,16,18-20H2,1-4H3,(H,36,38)(H,39,40). The van der Waals surface area contributed by atoms with Gasteiger partial charge in [0.25, 0.3) is 5.69 Å². The molecule has 240 valence electrons. The Hall–Kier alpha value is -4.64. The van der Waals surface area contributed by atoms with Gasteiger partial charge in [-0.3, -0.25) is 14.9 Å². The number of amides is 1. The molecule has 4 rings (SSSR count). The number of hydrogen-bond acceptors (Lipinski definition) is 8. The Morgan fingerprint density at radius 3 is 2.47 bits per heavy atom. The van der Waals surface area contributed by atoms with Gasteiger partial charge in [-0.25, -0.2) is 4.79 Å². The fourth-order valence-corrected chi connectivity index (χ4v) is 5.65. The highest BCUT2D eigenvalue weighted by molar-refractivity contribution is 5.92. The van der Waals surface area contributed by atoms with Crippen LogP contribution in [0.25, 0.3) is 0 Å². The lowest BCUT2D eigenvalue weighted by atomic mass is 9.75. The molecule has 0 heterocycles. The lowest BCUT2D eigenvalue weighted by molar-refractivity contribution is -0.384. The number of non-ortho nitro benzene ring substituents is 1. The van der Waals surface area contributed by atoms with E-state index in [9.17, 15) is 24.8 Å². The summed E-state index contributed by atoms with van der Waals surface area (Å²) in [4.78, 5) is 34.8. The molecule has 0 aliphatic heterocycles. The van der Waals surface area contributed by atoms with Crippen LogP contribution in [-0.4, -0.2) is 41.7 Å². The van der Waals surface area contributed by atoms with Crippen molar-refractivity contribution >= 4 is 23.3 Å². The largest absolute Gasteiger partial charge is 0.493 e. The molecule has 3 aromatic carbocycles. The number of para-hydroxylation sites is 1. The molecule has 1 amide bonds. The molecule has 0 saturated heterocycles. The molecule has 3 N–H and O–H groups in total. The van der Waals surface area contributed by atoms with Crippen LogP contribution in [-0.2, 0) is 22.6 Å². The van der Waals surface area contributed by atoms with Gasteiger partial charge in [0.15, 0.2) is 11.5 Å². The van der Waals surface area contributed by atoms with Crippen molar-refractivity contribution in [2.75, 3.05) is 19.0 Å². The maximum atomic E-state index is 12.5. The highest BCUT2D eigenvalue weighted by Gasteiger charge is 2.31. The van der Waals surface area contributed by atoms with Gasteiger partial charge < -0.3 is 30.0 Å². The van der Waals surface area contributed by atoms with E-state index in [1.54, 1.807) is 18.2 Å². The van der Waals surface area contributed by atoms with Gasteiger partial charge in [-0.2, -0.15) is 0 Å². The Morgan fingerprint density at radius 2 is 1.80 bits per heavy atom. The molecule has 3 aromatic rings. The number of nitrogens with zero attached hydrogens (tertiary/aromatic N) is 1. The third kappa shape index (κ3) is 8.95. The first-order valence-corrected chi connectivity index (χ1v) is 15.1. The molecular formula is C34H41N3O8. The second kappa shape index (κ2) is 15.4. The Balaban J connectivity index is 1.34. The highest BCUT2D eigenvalue weighted by Crippen LogP contribution is 2.38. The molecule has 0 bridgehead atoms. The van der Waals surface area contributed by atoms with Crippen molar-refractivity contribution in [1.82, 2.24) is 5.32 Å². The Labute approximate surface area is 263 Å². The number of anilines is 1. The number of nitro groups is 1.